The highest BCUT2D eigenvalue weighted by molar-refractivity contribution is 5.87. The summed E-state index contributed by atoms with van der Waals surface area (Å²) < 4.78 is 1.84. The van der Waals surface area contributed by atoms with Crippen molar-refractivity contribution in [2.45, 2.75) is 31.3 Å². The Morgan fingerprint density at radius 2 is 1.69 bits per heavy atom. The topological polar surface area (TPSA) is 84.1 Å². The van der Waals surface area contributed by atoms with E-state index in [1.54, 1.807) is 0 Å². The molecule has 0 bridgehead atoms. The summed E-state index contributed by atoms with van der Waals surface area (Å²) in [7, 11) is 0. The van der Waals surface area contributed by atoms with Gasteiger partial charge >= 0.3 is 5.69 Å². The quantitative estimate of drug-likeness (QED) is 0.498. The number of rotatable bonds is 4. The number of hydrogen-bond donors (Lipinski definition) is 2. The Hall–Kier alpha value is -3.09. The van der Waals surface area contributed by atoms with Gasteiger partial charge in [0.2, 0.25) is 5.91 Å². The average Bonchev–Trinajstić information content (AvgIpc) is 3.14. The second-order valence-electron chi connectivity index (χ2n) is 8.32. The second-order valence-corrected chi connectivity index (χ2v) is 8.32. The van der Waals surface area contributed by atoms with Crippen molar-refractivity contribution in [1.29, 1.82) is 0 Å². The van der Waals surface area contributed by atoms with Crippen molar-refractivity contribution in [2.75, 3.05) is 13.1 Å². The zero-order valence-corrected chi connectivity index (χ0v) is 18.6. The molecule has 1 aromatic heterocycles. The number of hydrogen-bond acceptors (Lipinski definition) is 3. The number of aromatic nitrogens is 2. The van der Waals surface area contributed by atoms with Crippen LogP contribution >= 0.6 is 12.4 Å². The van der Waals surface area contributed by atoms with E-state index in [4.69, 9.17) is 5.73 Å². The number of para-hydroxylation sites is 2. The number of nitrogens with one attached hydrogen (secondary N) is 1. The first kappa shape index (κ1) is 22.1. The fourth-order valence-electron chi connectivity index (χ4n) is 4.81. The summed E-state index contributed by atoms with van der Waals surface area (Å²) >= 11 is 0. The molecule has 0 radical (unpaired) electrons. The van der Waals surface area contributed by atoms with E-state index >= 15 is 0 Å². The van der Waals surface area contributed by atoms with Crippen LogP contribution in [-0.2, 0) is 11.2 Å². The molecule has 4 aromatic rings. The fraction of sp³-hybridized carbons (Fsp3) is 0.280. The van der Waals surface area contributed by atoms with Crippen molar-refractivity contribution < 1.29 is 4.79 Å². The van der Waals surface area contributed by atoms with Gasteiger partial charge in [-0.2, -0.15) is 0 Å². The number of benzene rings is 3. The molecule has 0 saturated carbocycles. The predicted molar refractivity (Wildman–Crippen MR) is 130 cm³/mol. The molecule has 2 heterocycles. The Bertz CT molecular complexity index is 1300. The zero-order valence-electron chi connectivity index (χ0n) is 17.7. The Labute approximate surface area is 192 Å². The maximum Gasteiger partial charge on any atom is 0.326 e. The standard InChI is InChI=1S/C25H26N4O2.ClH/c26-21(16-18-8-5-7-17-6-1-2-9-20(17)18)24(30)28-14-12-19(13-15-28)29-23-11-4-3-10-22(23)27-25(29)31;/h1-11,19,21H,12-16,26H2,(H,27,31);1H. The Morgan fingerprint density at radius 1 is 1.00 bits per heavy atom. The van der Waals surface area contributed by atoms with Crippen LogP contribution in [0.15, 0.2) is 71.5 Å². The average molecular weight is 451 g/mol. The highest BCUT2D eigenvalue weighted by Gasteiger charge is 2.28. The van der Waals surface area contributed by atoms with Crippen molar-refractivity contribution in [2.24, 2.45) is 5.73 Å². The van der Waals surface area contributed by atoms with Gasteiger partial charge in [0.1, 0.15) is 0 Å². The van der Waals surface area contributed by atoms with E-state index < -0.39 is 6.04 Å². The first-order valence-electron chi connectivity index (χ1n) is 10.8. The number of nitrogens with two attached hydrogens (primary N) is 1. The molecular weight excluding hydrogens is 424 g/mol. The molecule has 0 spiro atoms. The summed E-state index contributed by atoms with van der Waals surface area (Å²) in [6.45, 7) is 1.22. The predicted octanol–water partition coefficient (Wildman–Crippen LogP) is 3.64. The van der Waals surface area contributed by atoms with Gasteiger partial charge in [0.15, 0.2) is 0 Å². The van der Waals surface area contributed by atoms with E-state index in [2.05, 4.69) is 23.2 Å². The number of likely N-dealkylation sites (tertiary alicyclic amines) is 1. The molecule has 166 valence electrons. The van der Waals surface area contributed by atoms with Crippen molar-refractivity contribution in [3.8, 4) is 0 Å². The lowest BCUT2D eigenvalue weighted by atomic mass is 9.97. The van der Waals surface area contributed by atoms with Crippen LogP contribution in [0.25, 0.3) is 21.8 Å². The lowest BCUT2D eigenvalue weighted by Gasteiger charge is -2.34. The summed E-state index contributed by atoms with van der Waals surface area (Å²) in [6, 6.07) is 21.6. The normalized spacial score (nSPS) is 15.6. The van der Waals surface area contributed by atoms with Gasteiger partial charge in [0.25, 0.3) is 0 Å². The molecular formula is C25H27ClN4O2. The number of nitrogens with zero attached hydrogens (tertiary/aromatic N) is 2. The highest BCUT2D eigenvalue weighted by Crippen LogP contribution is 2.26. The van der Waals surface area contributed by atoms with E-state index in [1.807, 2.05) is 58.0 Å². The van der Waals surface area contributed by atoms with E-state index in [0.29, 0.717) is 19.5 Å². The van der Waals surface area contributed by atoms with Crippen molar-refractivity contribution in [3.63, 3.8) is 0 Å². The molecule has 6 nitrogen and oxygen atoms in total. The number of aromatic amines is 1. The van der Waals surface area contributed by atoms with E-state index in [1.165, 1.54) is 0 Å². The molecule has 0 aliphatic carbocycles. The summed E-state index contributed by atoms with van der Waals surface area (Å²) in [6.07, 6.45) is 2.00. The van der Waals surface area contributed by atoms with E-state index in [0.717, 1.165) is 40.2 Å². The molecule has 3 aromatic carbocycles. The summed E-state index contributed by atoms with van der Waals surface area (Å²) in [5.41, 5.74) is 9.13. The molecule has 1 amide bonds. The maximum atomic E-state index is 13.0. The van der Waals surface area contributed by atoms with Gasteiger partial charge in [-0.15, -0.1) is 12.4 Å². The molecule has 1 saturated heterocycles. The summed E-state index contributed by atoms with van der Waals surface area (Å²) in [4.78, 5) is 30.3. The number of carbonyl (C=O) groups excluding carboxylic acids is 1. The molecule has 3 N–H and O–H groups in total. The van der Waals surface area contributed by atoms with Crippen molar-refractivity contribution in [3.05, 3.63) is 82.8 Å². The third kappa shape index (κ3) is 4.04. The summed E-state index contributed by atoms with van der Waals surface area (Å²) in [5, 5.41) is 2.30. The van der Waals surface area contributed by atoms with E-state index in [-0.39, 0.29) is 30.0 Å². The largest absolute Gasteiger partial charge is 0.341 e. The number of H-pyrrole nitrogens is 1. The molecule has 1 aliphatic rings. The SMILES string of the molecule is Cl.NC(Cc1cccc2ccccc12)C(=O)N1CCC(n2c(=O)[nH]c3ccccc32)CC1. The van der Waals surface area contributed by atoms with Gasteiger partial charge in [-0.25, -0.2) is 4.79 Å². The lowest BCUT2D eigenvalue weighted by Crippen LogP contribution is -2.48. The maximum absolute atomic E-state index is 13.0. The first-order chi connectivity index (χ1) is 15.1. The van der Waals surface area contributed by atoms with Crippen LogP contribution in [0.2, 0.25) is 0 Å². The van der Waals surface area contributed by atoms with Crippen LogP contribution in [-0.4, -0.2) is 39.5 Å². The second kappa shape index (κ2) is 9.18. The first-order valence-corrected chi connectivity index (χ1v) is 10.8. The zero-order chi connectivity index (χ0) is 21.4. The third-order valence-corrected chi connectivity index (χ3v) is 6.40. The van der Waals surface area contributed by atoms with Crippen molar-refractivity contribution in [1.82, 2.24) is 14.5 Å². The third-order valence-electron chi connectivity index (χ3n) is 6.40. The summed E-state index contributed by atoms with van der Waals surface area (Å²) in [5.74, 6) is -0.0161. The Kier molecular flexibility index (Phi) is 6.35. The van der Waals surface area contributed by atoms with Crippen LogP contribution in [0, 0.1) is 0 Å². The Balaban J connectivity index is 0.00000245. The minimum Gasteiger partial charge on any atom is -0.341 e. The number of halogens is 1. The molecule has 1 aliphatic heterocycles. The molecule has 7 heteroatoms. The van der Waals surface area contributed by atoms with Crippen LogP contribution < -0.4 is 11.4 Å². The van der Waals surface area contributed by atoms with Crippen LogP contribution in [0.1, 0.15) is 24.4 Å². The minimum absolute atomic E-state index is 0. The number of piperidine rings is 1. The van der Waals surface area contributed by atoms with Gasteiger partial charge in [-0.1, -0.05) is 54.6 Å². The van der Waals surface area contributed by atoms with Crippen molar-refractivity contribution >= 4 is 40.1 Å². The van der Waals surface area contributed by atoms with Gasteiger partial charge in [0.05, 0.1) is 17.1 Å². The fourth-order valence-corrected chi connectivity index (χ4v) is 4.81. The van der Waals surface area contributed by atoms with E-state index in [9.17, 15) is 9.59 Å². The van der Waals surface area contributed by atoms with Gasteiger partial charge in [-0.05, 0) is 47.7 Å². The van der Waals surface area contributed by atoms with Crippen LogP contribution in [0.5, 0.6) is 0 Å². The molecule has 5 rings (SSSR count). The van der Waals surface area contributed by atoms with Crippen LogP contribution in [0.3, 0.4) is 0 Å². The number of carbonyl (C=O) groups is 1. The lowest BCUT2D eigenvalue weighted by molar-refractivity contribution is -0.133. The smallest absolute Gasteiger partial charge is 0.326 e. The van der Waals surface area contributed by atoms with Crippen LogP contribution in [0.4, 0.5) is 0 Å². The van der Waals surface area contributed by atoms with Gasteiger partial charge in [0, 0.05) is 19.1 Å². The molecule has 1 atom stereocenters. The molecule has 32 heavy (non-hydrogen) atoms. The molecule has 1 fully saturated rings. The monoisotopic (exact) mass is 450 g/mol. The number of imidazole rings is 1. The molecule has 1 unspecified atom stereocenters. The van der Waals surface area contributed by atoms with Gasteiger partial charge < -0.3 is 15.6 Å². The highest BCUT2D eigenvalue weighted by atomic mass is 35.5. The Morgan fingerprint density at radius 3 is 2.50 bits per heavy atom. The number of amides is 1. The minimum atomic E-state index is -0.571. The van der Waals surface area contributed by atoms with Gasteiger partial charge in [-0.3, -0.25) is 9.36 Å². The number of fused-ring (bicyclic) bond motifs is 2.